The Hall–Kier alpha value is -2.01. The number of hydrogen-bond acceptors (Lipinski definition) is 2. The highest BCUT2D eigenvalue weighted by molar-refractivity contribution is 6.31. The molecule has 0 aliphatic heterocycles. The molecule has 0 radical (unpaired) electrons. The van der Waals surface area contributed by atoms with E-state index in [4.69, 9.17) is 11.6 Å². The van der Waals surface area contributed by atoms with E-state index in [9.17, 15) is 13.6 Å². The zero-order valence-corrected chi connectivity index (χ0v) is 9.71. The Kier molecular flexibility index (Phi) is 3.53. The number of pyridine rings is 1. The van der Waals surface area contributed by atoms with Crippen molar-refractivity contribution in [2.75, 3.05) is 5.32 Å². The molecule has 1 heterocycles. The van der Waals surface area contributed by atoms with Crippen LogP contribution in [0.3, 0.4) is 0 Å². The minimum absolute atomic E-state index is 0.0434. The Morgan fingerprint density at radius 2 is 2.00 bits per heavy atom. The molecule has 2 rings (SSSR count). The summed E-state index contributed by atoms with van der Waals surface area (Å²) in [6.45, 7) is 0. The predicted molar refractivity (Wildman–Crippen MR) is 63.6 cm³/mol. The minimum Gasteiger partial charge on any atom is -0.319 e. The number of hydrogen-bond donors (Lipinski definition) is 1. The lowest BCUT2D eigenvalue weighted by Gasteiger charge is -2.06. The maximum atomic E-state index is 13.4. The van der Waals surface area contributed by atoms with Crippen LogP contribution in [0.5, 0.6) is 0 Å². The molecule has 0 bridgehead atoms. The predicted octanol–water partition coefficient (Wildman–Crippen LogP) is 3.27. The summed E-state index contributed by atoms with van der Waals surface area (Å²) in [7, 11) is 0. The number of amides is 1. The summed E-state index contributed by atoms with van der Waals surface area (Å²) in [6.07, 6.45) is 1.15. The summed E-state index contributed by atoms with van der Waals surface area (Å²) in [5.74, 6) is -2.05. The Morgan fingerprint density at radius 1 is 1.22 bits per heavy atom. The summed E-state index contributed by atoms with van der Waals surface area (Å²) in [5, 5.41) is 2.59. The second-order valence-electron chi connectivity index (χ2n) is 3.45. The monoisotopic (exact) mass is 268 g/mol. The van der Waals surface area contributed by atoms with E-state index in [2.05, 4.69) is 10.3 Å². The first-order chi connectivity index (χ1) is 8.56. The van der Waals surface area contributed by atoms with E-state index in [1.807, 2.05) is 0 Å². The molecule has 1 aromatic carbocycles. The molecule has 92 valence electrons. The van der Waals surface area contributed by atoms with Gasteiger partial charge in [0.25, 0.3) is 5.91 Å². The van der Waals surface area contributed by atoms with Crippen LogP contribution in [0.25, 0.3) is 0 Å². The third-order valence-corrected chi connectivity index (χ3v) is 2.40. The third-order valence-electron chi connectivity index (χ3n) is 2.17. The van der Waals surface area contributed by atoms with Gasteiger partial charge in [0.15, 0.2) is 0 Å². The fourth-order valence-corrected chi connectivity index (χ4v) is 1.50. The standard InChI is InChI=1S/C12H7ClF2N2O/c13-8-1-2-9(14)10(6-8)17-12(18)7-3-4-16-11(15)5-7/h1-6H,(H,17,18). The van der Waals surface area contributed by atoms with E-state index in [1.165, 1.54) is 18.2 Å². The molecule has 0 atom stereocenters. The lowest BCUT2D eigenvalue weighted by atomic mass is 10.2. The van der Waals surface area contributed by atoms with Crippen molar-refractivity contribution in [1.29, 1.82) is 0 Å². The van der Waals surface area contributed by atoms with E-state index in [1.54, 1.807) is 0 Å². The SMILES string of the molecule is O=C(Nc1cc(Cl)ccc1F)c1ccnc(F)c1. The number of benzene rings is 1. The van der Waals surface area contributed by atoms with Crippen LogP contribution < -0.4 is 5.32 Å². The lowest BCUT2D eigenvalue weighted by molar-refractivity contribution is 0.102. The van der Waals surface area contributed by atoms with Crippen molar-refractivity contribution >= 4 is 23.2 Å². The highest BCUT2D eigenvalue weighted by Crippen LogP contribution is 2.20. The average molecular weight is 269 g/mol. The molecule has 1 N–H and O–H groups in total. The molecule has 0 aliphatic rings. The number of nitrogens with one attached hydrogen (secondary N) is 1. The molecule has 0 fully saturated rings. The van der Waals surface area contributed by atoms with Gasteiger partial charge in [-0.25, -0.2) is 9.37 Å². The van der Waals surface area contributed by atoms with E-state index in [0.717, 1.165) is 18.3 Å². The van der Waals surface area contributed by atoms with Gasteiger partial charge in [-0.3, -0.25) is 4.79 Å². The smallest absolute Gasteiger partial charge is 0.255 e. The minimum atomic E-state index is -0.783. The van der Waals surface area contributed by atoms with Crippen molar-refractivity contribution < 1.29 is 13.6 Å². The Balaban J connectivity index is 2.24. The van der Waals surface area contributed by atoms with Crippen LogP contribution >= 0.6 is 11.6 Å². The number of rotatable bonds is 2. The van der Waals surface area contributed by atoms with Gasteiger partial charge in [0.1, 0.15) is 5.82 Å². The number of halogens is 3. The first-order valence-corrected chi connectivity index (χ1v) is 5.32. The normalized spacial score (nSPS) is 10.2. The number of aromatic nitrogens is 1. The van der Waals surface area contributed by atoms with Gasteiger partial charge in [0, 0.05) is 22.8 Å². The molecule has 1 amide bonds. The van der Waals surface area contributed by atoms with E-state index in [0.29, 0.717) is 0 Å². The largest absolute Gasteiger partial charge is 0.319 e. The molecule has 2 aromatic rings. The molecule has 6 heteroatoms. The van der Waals surface area contributed by atoms with Crippen molar-refractivity contribution in [1.82, 2.24) is 4.98 Å². The summed E-state index contributed by atoms with van der Waals surface area (Å²) < 4.78 is 26.2. The molecule has 0 aliphatic carbocycles. The number of carbonyl (C=O) groups excluding carboxylic acids is 1. The molecule has 0 saturated carbocycles. The highest BCUT2D eigenvalue weighted by Gasteiger charge is 2.10. The van der Waals surface area contributed by atoms with E-state index < -0.39 is 17.7 Å². The van der Waals surface area contributed by atoms with Gasteiger partial charge < -0.3 is 5.32 Å². The molecule has 0 spiro atoms. The summed E-state index contributed by atoms with van der Waals surface area (Å²) in [6, 6.07) is 6.04. The van der Waals surface area contributed by atoms with Gasteiger partial charge in [0.2, 0.25) is 5.95 Å². The summed E-state index contributed by atoms with van der Waals surface area (Å²) in [4.78, 5) is 15.0. The Morgan fingerprint density at radius 3 is 2.72 bits per heavy atom. The van der Waals surface area contributed by atoms with E-state index >= 15 is 0 Å². The van der Waals surface area contributed by atoms with Crippen LogP contribution in [0, 0.1) is 11.8 Å². The summed E-state index contributed by atoms with van der Waals surface area (Å²) in [5.41, 5.74) is -0.0217. The zero-order chi connectivity index (χ0) is 13.1. The van der Waals surface area contributed by atoms with Crippen LogP contribution in [-0.4, -0.2) is 10.9 Å². The topological polar surface area (TPSA) is 42.0 Å². The fourth-order valence-electron chi connectivity index (χ4n) is 1.33. The van der Waals surface area contributed by atoms with Gasteiger partial charge in [-0.1, -0.05) is 11.6 Å². The molecular formula is C12H7ClF2N2O. The zero-order valence-electron chi connectivity index (χ0n) is 8.95. The Labute approximate surface area is 106 Å². The Bertz CT molecular complexity index is 604. The maximum Gasteiger partial charge on any atom is 0.255 e. The van der Waals surface area contributed by atoms with Crippen LogP contribution in [0.2, 0.25) is 5.02 Å². The first kappa shape index (κ1) is 12.4. The van der Waals surface area contributed by atoms with Gasteiger partial charge >= 0.3 is 0 Å². The molecular weight excluding hydrogens is 262 g/mol. The van der Waals surface area contributed by atoms with Crippen molar-refractivity contribution in [3.63, 3.8) is 0 Å². The molecule has 1 aromatic heterocycles. The molecule has 18 heavy (non-hydrogen) atoms. The van der Waals surface area contributed by atoms with Gasteiger partial charge in [0.05, 0.1) is 5.69 Å². The number of nitrogens with zero attached hydrogens (tertiary/aromatic N) is 1. The highest BCUT2D eigenvalue weighted by atomic mass is 35.5. The number of anilines is 1. The third kappa shape index (κ3) is 2.81. The fraction of sp³-hybridized carbons (Fsp3) is 0. The average Bonchev–Trinajstić information content (AvgIpc) is 2.34. The molecule has 0 unspecified atom stereocenters. The lowest BCUT2D eigenvalue weighted by Crippen LogP contribution is -2.13. The quantitative estimate of drug-likeness (QED) is 0.850. The number of carbonyl (C=O) groups is 1. The van der Waals surface area contributed by atoms with Crippen LogP contribution in [0.4, 0.5) is 14.5 Å². The van der Waals surface area contributed by atoms with Crippen molar-refractivity contribution in [3.8, 4) is 0 Å². The van der Waals surface area contributed by atoms with Gasteiger partial charge in [-0.2, -0.15) is 4.39 Å². The van der Waals surface area contributed by atoms with Crippen molar-refractivity contribution in [3.05, 3.63) is 58.9 Å². The first-order valence-electron chi connectivity index (χ1n) is 4.94. The van der Waals surface area contributed by atoms with Crippen molar-refractivity contribution in [2.24, 2.45) is 0 Å². The second-order valence-corrected chi connectivity index (χ2v) is 3.88. The van der Waals surface area contributed by atoms with Crippen molar-refractivity contribution in [2.45, 2.75) is 0 Å². The van der Waals surface area contributed by atoms with Gasteiger partial charge in [-0.05, 0) is 24.3 Å². The van der Waals surface area contributed by atoms with E-state index in [-0.39, 0.29) is 16.3 Å². The molecule has 3 nitrogen and oxygen atoms in total. The molecule has 0 saturated heterocycles. The maximum absolute atomic E-state index is 13.4. The summed E-state index contributed by atoms with van der Waals surface area (Å²) >= 11 is 5.68. The van der Waals surface area contributed by atoms with Crippen LogP contribution in [-0.2, 0) is 0 Å². The second kappa shape index (κ2) is 5.10. The van der Waals surface area contributed by atoms with Crippen LogP contribution in [0.1, 0.15) is 10.4 Å². The van der Waals surface area contributed by atoms with Crippen LogP contribution in [0.15, 0.2) is 36.5 Å². The van der Waals surface area contributed by atoms with Gasteiger partial charge in [-0.15, -0.1) is 0 Å².